The molecule has 1 aliphatic heterocycles. The van der Waals surface area contributed by atoms with Gasteiger partial charge >= 0.3 is 0 Å². The topological polar surface area (TPSA) is 101 Å². The van der Waals surface area contributed by atoms with E-state index in [4.69, 9.17) is 0 Å². The Labute approximate surface area is 175 Å². The summed E-state index contributed by atoms with van der Waals surface area (Å²) in [4.78, 5) is 13.7. The Hall–Kier alpha value is -2.30. The van der Waals surface area contributed by atoms with Crippen LogP contribution in [0.2, 0.25) is 0 Å². The van der Waals surface area contributed by atoms with Gasteiger partial charge in [-0.05, 0) is 37.1 Å². The number of nitrogens with one attached hydrogen (secondary N) is 1. The van der Waals surface area contributed by atoms with Crippen LogP contribution in [0.15, 0.2) is 64.4 Å². The SMILES string of the molecule is O=C(CCNS(=O)(=O)c1ccccc1F)N1CCC(S(=O)(=O)c2ccccc2)CC1. The maximum Gasteiger partial charge on any atom is 0.243 e. The van der Waals surface area contributed by atoms with Gasteiger partial charge in [0.15, 0.2) is 9.84 Å². The van der Waals surface area contributed by atoms with E-state index < -0.39 is 35.8 Å². The van der Waals surface area contributed by atoms with E-state index in [-0.39, 0.29) is 36.9 Å². The number of carbonyl (C=O) groups excluding carboxylic acids is 1. The number of likely N-dealkylation sites (tertiary alicyclic amines) is 1. The minimum absolute atomic E-state index is 0.0935. The molecule has 0 unspecified atom stereocenters. The van der Waals surface area contributed by atoms with E-state index in [2.05, 4.69) is 4.72 Å². The van der Waals surface area contributed by atoms with Crippen molar-refractivity contribution in [2.75, 3.05) is 19.6 Å². The fourth-order valence-corrected chi connectivity index (χ4v) is 6.27. The van der Waals surface area contributed by atoms with Gasteiger partial charge in [0.1, 0.15) is 10.7 Å². The van der Waals surface area contributed by atoms with E-state index in [1.165, 1.54) is 17.0 Å². The Morgan fingerprint density at radius 2 is 1.57 bits per heavy atom. The van der Waals surface area contributed by atoms with Crippen molar-refractivity contribution in [1.82, 2.24) is 9.62 Å². The summed E-state index contributed by atoms with van der Waals surface area (Å²) in [6, 6.07) is 13.2. The van der Waals surface area contributed by atoms with Crippen molar-refractivity contribution in [3.05, 3.63) is 60.4 Å². The van der Waals surface area contributed by atoms with Gasteiger partial charge in [0.2, 0.25) is 15.9 Å². The first-order valence-corrected chi connectivity index (χ1v) is 12.6. The van der Waals surface area contributed by atoms with Crippen LogP contribution in [0, 0.1) is 5.82 Å². The predicted molar refractivity (Wildman–Crippen MR) is 109 cm³/mol. The third-order valence-corrected chi connectivity index (χ3v) is 8.83. The number of halogens is 1. The molecule has 1 fully saturated rings. The zero-order valence-corrected chi connectivity index (χ0v) is 17.8. The van der Waals surface area contributed by atoms with Crippen molar-refractivity contribution in [2.45, 2.75) is 34.3 Å². The number of amides is 1. The molecule has 0 spiro atoms. The molecule has 3 rings (SSSR count). The second-order valence-electron chi connectivity index (χ2n) is 7.02. The van der Waals surface area contributed by atoms with Crippen molar-refractivity contribution < 1.29 is 26.0 Å². The van der Waals surface area contributed by atoms with Crippen LogP contribution >= 0.6 is 0 Å². The molecule has 0 aromatic heterocycles. The van der Waals surface area contributed by atoms with E-state index in [9.17, 15) is 26.0 Å². The van der Waals surface area contributed by atoms with Crippen LogP contribution in [-0.4, -0.2) is 52.5 Å². The van der Waals surface area contributed by atoms with Crippen LogP contribution in [0.25, 0.3) is 0 Å². The van der Waals surface area contributed by atoms with Crippen LogP contribution < -0.4 is 4.72 Å². The minimum Gasteiger partial charge on any atom is -0.343 e. The van der Waals surface area contributed by atoms with Gasteiger partial charge in [0.25, 0.3) is 0 Å². The number of sulfonamides is 1. The third kappa shape index (κ3) is 5.05. The van der Waals surface area contributed by atoms with Gasteiger partial charge < -0.3 is 4.90 Å². The fourth-order valence-electron chi connectivity index (χ4n) is 3.41. The molecule has 1 aliphatic rings. The highest BCUT2D eigenvalue weighted by atomic mass is 32.2. The first-order valence-electron chi connectivity index (χ1n) is 9.53. The van der Waals surface area contributed by atoms with Crippen LogP contribution in [0.4, 0.5) is 4.39 Å². The molecule has 10 heteroatoms. The maximum atomic E-state index is 13.7. The van der Waals surface area contributed by atoms with E-state index >= 15 is 0 Å². The van der Waals surface area contributed by atoms with Crippen LogP contribution in [-0.2, 0) is 24.7 Å². The van der Waals surface area contributed by atoms with Gasteiger partial charge in [0, 0.05) is 26.1 Å². The molecule has 2 aromatic rings. The predicted octanol–water partition coefficient (Wildman–Crippen LogP) is 1.96. The largest absolute Gasteiger partial charge is 0.343 e. The molecule has 1 N–H and O–H groups in total. The Balaban J connectivity index is 1.51. The number of benzene rings is 2. The number of hydrogen-bond donors (Lipinski definition) is 1. The zero-order chi connectivity index (χ0) is 21.8. The Bertz CT molecular complexity index is 1100. The van der Waals surface area contributed by atoms with E-state index in [1.54, 1.807) is 30.3 Å². The molecule has 1 saturated heterocycles. The summed E-state index contributed by atoms with van der Waals surface area (Å²) < 4.78 is 65.6. The highest BCUT2D eigenvalue weighted by molar-refractivity contribution is 7.92. The Morgan fingerprint density at radius 1 is 0.967 bits per heavy atom. The molecular formula is C20H23FN2O5S2. The second kappa shape index (κ2) is 9.23. The summed E-state index contributed by atoms with van der Waals surface area (Å²) >= 11 is 0. The normalized spacial score (nSPS) is 15.8. The molecule has 2 aromatic carbocycles. The van der Waals surface area contributed by atoms with Crippen LogP contribution in [0.5, 0.6) is 0 Å². The Morgan fingerprint density at radius 3 is 2.20 bits per heavy atom. The smallest absolute Gasteiger partial charge is 0.243 e. The van der Waals surface area contributed by atoms with Gasteiger partial charge in [-0.15, -0.1) is 0 Å². The summed E-state index contributed by atoms with van der Waals surface area (Å²) in [6.45, 7) is 0.406. The molecule has 0 bridgehead atoms. The maximum absolute atomic E-state index is 13.7. The monoisotopic (exact) mass is 454 g/mol. The van der Waals surface area contributed by atoms with Gasteiger partial charge in [-0.25, -0.2) is 25.9 Å². The van der Waals surface area contributed by atoms with Gasteiger partial charge in [-0.2, -0.15) is 0 Å². The van der Waals surface area contributed by atoms with Crippen LogP contribution in [0.1, 0.15) is 19.3 Å². The quantitative estimate of drug-likeness (QED) is 0.689. The standard InChI is InChI=1S/C20H23FN2O5S2/c21-18-8-4-5-9-19(18)30(27,28)22-13-10-20(24)23-14-11-17(12-15-23)29(25,26)16-6-2-1-3-7-16/h1-9,17,22H,10-15H2. The summed E-state index contributed by atoms with van der Waals surface area (Å²) in [5.74, 6) is -1.14. The van der Waals surface area contributed by atoms with Crippen molar-refractivity contribution >= 4 is 25.8 Å². The number of rotatable bonds is 7. The lowest BCUT2D eigenvalue weighted by Crippen LogP contribution is -2.43. The molecule has 7 nitrogen and oxygen atoms in total. The lowest BCUT2D eigenvalue weighted by molar-refractivity contribution is -0.131. The molecule has 0 aliphatic carbocycles. The fraction of sp³-hybridized carbons (Fsp3) is 0.350. The van der Waals surface area contributed by atoms with Crippen molar-refractivity contribution in [3.63, 3.8) is 0 Å². The highest BCUT2D eigenvalue weighted by Gasteiger charge is 2.32. The number of sulfone groups is 1. The third-order valence-electron chi connectivity index (χ3n) is 5.06. The zero-order valence-electron chi connectivity index (χ0n) is 16.2. The average molecular weight is 455 g/mol. The van der Waals surface area contributed by atoms with Crippen molar-refractivity contribution in [3.8, 4) is 0 Å². The van der Waals surface area contributed by atoms with E-state index in [0.717, 1.165) is 12.1 Å². The number of piperidine rings is 1. The molecule has 1 amide bonds. The minimum atomic E-state index is -4.05. The summed E-state index contributed by atoms with van der Waals surface area (Å²) in [5, 5.41) is -0.552. The van der Waals surface area contributed by atoms with Gasteiger partial charge in [-0.1, -0.05) is 30.3 Å². The lowest BCUT2D eigenvalue weighted by Gasteiger charge is -2.31. The molecule has 162 valence electrons. The summed E-state index contributed by atoms with van der Waals surface area (Å²) in [5.41, 5.74) is 0. The number of carbonyl (C=O) groups is 1. The van der Waals surface area contributed by atoms with E-state index in [1.807, 2.05) is 0 Å². The lowest BCUT2D eigenvalue weighted by atomic mass is 10.1. The average Bonchev–Trinajstić information content (AvgIpc) is 2.74. The summed E-state index contributed by atoms with van der Waals surface area (Å²) in [7, 11) is -7.50. The number of nitrogens with zero attached hydrogens (tertiary/aromatic N) is 1. The first kappa shape index (κ1) is 22.4. The number of hydrogen-bond acceptors (Lipinski definition) is 5. The van der Waals surface area contributed by atoms with Gasteiger partial charge in [0.05, 0.1) is 10.1 Å². The molecule has 0 atom stereocenters. The van der Waals surface area contributed by atoms with Crippen LogP contribution in [0.3, 0.4) is 0 Å². The molecule has 1 heterocycles. The van der Waals surface area contributed by atoms with Gasteiger partial charge in [-0.3, -0.25) is 4.79 Å². The van der Waals surface area contributed by atoms with Crippen molar-refractivity contribution in [1.29, 1.82) is 0 Å². The van der Waals surface area contributed by atoms with Crippen molar-refractivity contribution in [2.24, 2.45) is 0 Å². The molecular weight excluding hydrogens is 431 g/mol. The first-order chi connectivity index (χ1) is 14.2. The Kier molecular flexibility index (Phi) is 6.89. The van der Waals surface area contributed by atoms with E-state index in [0.29, 0.717) is 12.8 Å². The summed E-state index contributed by atoms with van der Waals surface area (Å²) in [6.07, 6.45) is 0.553. The highest BCUT2D eigenvalue weighted by Crippen LogP contribution is 2.24. The molecule has 30 heavy (non-hydrogen) atoms. The molecule has 0 radical (unpaired) electrons. The molecule has 0 saturated carbocycles. The second-order valence-corrected chi connectivity index (χ2v) is 11.0.